The SMILES string of the molecule is CCCC(=O)OCCOCCOCCOCCOCCOCCOCCOCCOCCOCCOCCOS(=O)(=O)c1ccc(C)cc1. The lowest BCUT2D eigenvalue weighted by molar-refractivity contribution is -0.145. The van der Waals surface area contributed by atoms with Gasteiger partial charge in [-0.15, -0.1) is 0 Å². The first-order valence-electron chi connectivity index (χ1n) is 16.8. The quantitative estimate of drug-likeness (QED) is 0.0557. The highest BCUT2D eigenvalue weighted by atomic mass is 32.2. The zero-order valence-corrected chi connectivity index (χ0v) is 30.1. The molecular formula is C33H58O15S. The Morgan fingerprint density at radius 3 is 1.06 bits per heavy atom. The van der Waals surface area contributed by atoms with Gasteiger partial charge in [0, 0.05) is 6.42 Å². The molecule has 0 aliphatic heterocycles. The Kier molecular flexibility index (Phi) is 30.8. The van der Waals surface area contributed by atoms with Crippen molar-refractivity contribution >= 4 is 16.1 Å². The van der Waals surface area contributed by atoms with Crippen molar-refractivity contribution in [3.05, 3.63) is 29.8 Å². The fourth-order valence-electron chi connectivity index (χ4n) is 3.55. The fourth-order valence-corrected chi connectivity index (χ4v) is 4.44. The molecule has 0 aliphatic carbocycles. The van der Waals surface area contributed by atoms with Crippen LogP contribution in [0.25, 0.3) is 0 Å². The summed E-state index contributed by atoms with van der Waals surface area (Å²) in [4.78, 5) is 11.3. The van der Waals surface area contributed by atoms with Gasteiger partial charge in [-0.3, -0.25) is 8.98 Å². The van der Waals surface area contributed by atoms with Crippen LogP contribution in [-0.4, -0.2) is 160 Å². The molecule has 0 aliphatic rings. The summed E-state index contributed by atoms with van der Waals surface area (Å²) in [6.45, 7) is 12.6. The lowest BCUT2D eigenvalue weighted by Gasteiger charge is -2.09. The Hall–Kier alpha value is -1.80. The van der Waals surface area contributed by atoms with Crippen molar-refractivity contribution in [1.82, 2.24) is 0 Å². The topological polar surface area (TPSA) is 162 Å². The summed E-state index contributed by atoms with van der Waals surface area (Å²) in [5.41, 5.74) is 0.972. The van der Waals surface area contributed by atoms with Crippen LogP contribution in [0.3, 0.4) is 0 Å². The van der Waals surface area contributed by atoms with Gasteiger partial charge in [-0.2, -0.15) is 8.42 Å². The van der Waals surface area contributed by atoms with Crippen LogP contribution in [-0.2, 0) is 71.2 Å². The summed E-state index contributed by atoms with van der Waals surface area (Å²) in [6, 6.07) is 6.47. The first-order valence-corrected chi connectivity index (χ1v) is 18.3. The lowest BCUT2D eigenvalue weighted by atomic mass is 10.2. The fraction of sp³-hybridized carbons (Fsp3) is 0.788. The number of rotatable bonds is 37. The third-order valence-electron chi connectivity index (χ3n) is 6.07. The molecule has 0 aromatic heterocycles. The van der Waals surface area contributed by atoms with Crippen LogP contribution < -0.4 is 0 Å². The molecule has 0 saturated heterocycles. The second kappa shape index (κ2) is 33.3. The summed E-state index contributed by atoms with van der Waals surface area (Å²) in [6.07, 6.45) is 1.21. The predicted molar refractivity (Wildman–Crippen MR) is 178 cm³/mol. The van der Waals surface area contributed by atoms with Gasteiger partial charge in [0.25, 0.3) is 10.1 Å². The highest BCUT2D eigenvalue weighted by Crippen LogP contribution is 2.12. The Balaban J connectivity index is 1.68. The maximum absolute atomic E-state index is 12.1. The third-order valence-corrected chi connectivity index (χ3v) is 7.40. The smallest absolute Gasteiger partial charge is 0.305 e. The first kappa shape index (κ1) is 45.2. The average molecular weight is 727 g/mol. The van der Waals surface area contributed by atoms with Gasteiger partial charge in [-0.1, -0.05) is 24.6 Å². The molecule has 0 fully saturated rings. The van der Waals surface area contributed by atoms with Crippen molar-refractivity contribution in [1.29, 1.82) is 0 Å². The zero-order chi connectivity index (χ0) is 35.5. The zero-order valence-electron chi connectivity index (χ0n) is 29.3. The van der Waals surface area contributed by atoms with Crippen LogP contribution >= 0.6 is 0 Å². The number of carbonyl (C=O) groups excluding carboxylic acids is 1. The minimum absolute atomic E-state index is 0.0633. The van der Waals surface area contributed by atoms with E-state index in [4.69, 9.17) is 56.3 Å². The summed E-state index contributed by atoms with van der Waals surface area (Å²) in [5, 5.41) is 0. The Morgan fingerprint density at radius 2 is 0.755 bits per heavy atom. The van der Waals surface area contributed by atoms with E-state index in [1.54, 1.807) is 12.1 Å². The second-order valence-corrected chi connectivity index (χ2v) is 11.8. The van der Waals surface area contributed by atoms with Gasteiger partial charge in [0.2, 0.25) is 0 Å². The van der Waals surface area contributed by atoms with Crippen molar-refractivity contribution in [2.75, 3.05) is 145 Å². The predicted octanol–water partition coefficient (Wildman–Crippen LogP) is 2.21. The van der Waals surface area contributed by atoms with Gasteiger partial charge in [-0.05, 0) is 25.5 Å². The molecule has 0 bridgehead atoms. The monoisotopic (exact) mass is 726 g/mol. The minimum Gasteiger partial charge on any atom is -0.463 e. The molecular weight excluding hydrogens is 668 g/mol. The lowest BCUT2D eigenvalue weighted by Crippen LogP contribution is -2.16. The molecule has 0 unspecified atom stereocenters. The third kappa shape index (κ3) is 29.6. The molecule has 0 spiro atoms. The van der Waals surface area contributed by atoms with Gasteiger partial charge in [0.05, 0.1) is 144 Å². The molecule has 286 valence electrons. The highest BCUT2D eigenvalue weighted by Gasteiger charge is 2.14. The molecule has 1 aromatic carbocycles. The number of hydrogen-bond acceptors (Lipinski definition) is 15. The van der Waals surface area contributed by atoms with Crippen LogP contribution in [0, 0.1) is 6.92 Å². The van der Waals surface area contributed by atoms with E-state index in [1.807, 2.05) is 13.8 Å². The number of aryl methyl sites for hydroxylation is 1. The van der Waals surface area contributed by atoms with E-state index in [-0.39, 0.29) is 30.7 Å². The largest absolute Gasteiger partial charge is 0.463 e. The molecule has 0 saturated carbocycles. The second-order valence-electron chi connectivity index (χ2n) is 10.2. The molecule has 1 rings (SSSR count). The Morgan fingerprint density at radius 1 is 0.469 bits per heavy atom. The molecule has 0 heterocycles. The van der Waals surface area contributed by atoms with E-state index in [0.29, 0.717) is 132 Å². The molecule has 49 heavy (non-hydrogen) atoms. The molecule has 1 aromatic rings. The van der Waals surface area contributed by atoms with E-state index in [2.05, 4.69) is 0 Å². The number of carbonyl (C=O) groups is 1. The van der Waals surface area contributed by atoms with Crippen LogP contribution in [0.5, 0.6) is 0 Å². The van der Waals surface area contributed by atoms with E-state index >= 15 is 0 Å². The van der Waals surface area contributed by atoms with E-state index < -0.39 is 10.1 Å². The van der Waals surface area contributed by atoms with Crippen LogP contribution in [0.4, 0.5) is 0 Å². The summed E-state index contributed by atoms with van der Waals surface area (Å²) >= 11 is 0. The van der Waals surface area contributed by atoms with Gasteiger partial charge in [0.15, 0.2) is 0 Å². The number of ether oxygens (including phenoxy) is 11. The number of benzene rings is 1. The van der Waals surface area contributed by atoms with Gasteiger partial charge < -0.3 is 52.1 Å². The summed E-state index contributed by atoms with van der Waals surface area (Å²) in [7, 11) is -3.78. The molecule has 0 N–H and O–H groups in total. The van der Waals surface area contributed by atoms with E-state index in [0.717, 1.165) is 12.0 Å². The maximum atomic E-state index is 12.1. The molecule has 0 radical (unpaired) electrons. The number of hydrogen-bond donors (Lipinski definition) is 0. The highest BCUT2D eigenvalue weighted by molar-refractivity contribution is 7.86. The van der Waals surface area contributed by atoms with E-state index in [1.165, 1.54) is 12.1 Å². The van der Waals surface area contributed by atoms with Gasteiger partial charge in [0.1, 0.15) is 6.61 Å². The van der Waals surface area contributed by atoms with Crippen molar-refractivity contribution in [2.45, 2.75) is 31.6 Å². The molecule has 0 amide bonds. The maximum Gasteiger partial charge on any atom is 0.305 e. The molecule has 0 atom stereocenters. The first-order chi connectivity index (χ1) is 24.0. The minimum atomic E-state index is -3.78. The van der Waals surface area contributed by atoms with E-state index in [9.17, 15) is 13.2 Å². The van der Waals surface area contributed by atoms with Crippen molar-refractivity contribution in [3.63, 3.8) is 0 Å². The van der Waals surface area contributed by atoms with Crippen LogP contribution in [0.1, 0.15) is 25.3 Å². The Bertz CT molecular complexity index is 979. The van der Waals surface area contributed by atoms with Crippen LogP contribution in [0.15, 0.2) is 29.2 Å². The van der Waals surface area contributed by atoms with Gasteiger partial charge >= 0.3 is 5.97 Å². The van der Waals surface area contributed by atoms with Crippen LogP contribution in [0.2, 0.25) is 0 Å². The van der Waals surface area contributed by atoms with Crippen molar-refractivity contribution in [2.24, 2.45) is 0 Å². The standard InChI is InChI=1S/C33H58O15S/c1-3-4-33(34)47-29-27-45-25-23-43-21-19-41-17-15-39-13-11-37-9-10-38-12-14-40-16-18-42-20-22-44-24-26-46-28-30-48-49(35,36)32-7-5-31(2)6-8-32/h5-8H,3-4,9-30H2,1-2H3. The molecule has 16 heteroatoms. The summed E-state index contributed by atoms with van der Waals surface area (Å²) < 4.78 is 88.3. The van der Waals surface area contributed by atoms with Crippen molar-refractivity contribution < 1.29 is 69.5 Å². The Labute approximate surface area is 292 Å². The van der Waals surface area contributed by atoms with Crippen molar-refractivity contribution in [3.8, 4) is 0 Å². The normalized spacial score (nSPS) is 11.7. The van der Waals surface area contributed by atoms with Gasteiger partial charge in [-0.25, -0.2) is 0 Å². The average Bonchev–Trinajstić information content (AvgIpc) is 3.08. The molecule has 15 nitrogen and oxygen atoms in total. The number of esters is 1. The summed E-state index contributed by atoms with van der Waals surface area (Å²) in [5.74, 6) is -0.195.